The quantitative estimate of drug-likeness (QED) is 0.323. The van der Waals surface area contributed by atoms with Crippen molar-refractivity contribution in [1.82, 2.24) is 15.2 Å². The zero-order chi connectivity index (χ0) is 28.4. The van der Waals surface area contributed by atoms with E-state index in [1.807, 2.05) is 36.4 Å². The largest absolute Gasteiger partial charge is 0.459 e. The number of ether oxygens (including phenoxy) is 2. The van der Waals surface area contributed by atoms with E-state index in [9.17, 15) is 19.2 Å². The van der Waals surface area contributed by atoms with Crippen LogP contribution in [0, 0.1) is 0 Å². The maximum absolute atomic E-state index is 13.5. The molecule has 2 aromatic rings. The molecule has 0 bridgehead atoms. The number of alkyl carbamates (subject to hydrolysis) is 1. The number of rotatable bonds is 6. The molecular weight excluding hydrogens is 532 g/mol. The summed E-state index contributed by atoms with van der Waals surface area (Å²) in [7, 11) is 0. The monoisotopic (exact) mass is 562 g/mol. The highest BCUT2D eigenvalue weighted by molar-refractivity contribution is 8.03. The number of benzene rings is 1. The van der Waals surface area contributed by atoms with Gasteiger partial charge in [0.05, 0.1) is 0 Å². The van der Waals surface area contributed by atoms with Gasteiger partial charge in [-0.15, -0.1) is 11.8 Å². The molecule has 5 rings (SSSR count). The Balaban J connectivity index is 1.38. The molecule has 0 radical (unpaired) electrons. The molecule has 3 aliphatic heterocycles. The molecular formula is C29H30N4O6S. The number of carbonyl (C=O) groups is 4. The molecule has 40 heavy (non-hydrogen) atoms. The number of nitrogens with one attached hydrogen (secondary N) is 1. The average Bonchev–Trinajstić information content (AvgIpc) is 3.29. The minimum absolute atomic E-state index is 0.0336. The van der Waals surface area contributed by atoms with Crippen LogP contribution in [0.5, 0.6) is 0 Å². The summed E-state index contributed by atoms with van der Waals surface area (Å²) >= 11 is 1.29. The fraction of sp³-hybridized carbons (Fsp3) is 0.345. The van der Waals surface area contributed by atoms with E-state index < -0.39 is 41.0 Å². The van der Waals surface area contributed by atoms with Crippen molar-refractivity contribution in [3.8, 4) is 0 Å². The number of aromatic nitrogens is 1. The molecule has 0 aliphatic carbocycles. The van der Waals surface area contributed by atoms with Gasteiger partial charge in [-0.25, -0.2) is 14.6 Å². The van der Waals surface area contributed by atoms with E-state index in [-0.39, 0.29) is 12.5 Å². The smallest absolute Gasteiger partial charge is 0.408 e. The Morgan fingerprint density at radius 2 is 1.88 bits per heavy atom. The molecule has 3 amide bonds. The summed E-state index contributed by atoms with van der Waals surface area (Å²) < 4.78 is 10.9. The van der Waals surface area contributed by atoms with Crippen LogP contribution < -0.4 is 10.2 Å². The summed E-state index contributed by atoms with van der Waals surface area (Å²) in [6.45, 7) is 5.69. The third kappa shape index (κ3) is 5.74. The molecule has 11 heteroatoms. The van der Waals surface area contributed by atoms with E-state index in [4.69, 9.17) is 9.47 Å². The lowest BCUT2D eigenvalue weighted by atomic mass is 9.96. The van der Waals surface area contributed by atoms with Gasteiger partial charge in [0.25, 0.3) is 5.91 Å². The predicted octanol–water partition coefficient (Wildman–Crippen LogP) is 3.55. The van der Waals surface area contributed by atoms with Gasteiger partial charge in [-0.1, -0.05) is 36.4 Å². The molecule has 0 saturated carbocycles. The molecule has 1 aromatic heterocycles. The number of nitrogens with zero attached hydrogens (tertiary/aromatic N) is 3. The number of anilines is 1. The van der Waals surface area contributed by atoms with E-state index in [2.05, 4.69) is 10.3 Å². The van der Waals surface area contributed by atoms with Crippen molar-refractivity contribution in [2.75, 3.05) is 11.4 Å². The molecule has 0 unspecified atom stereocenters. The first-order valence-corrected chi connectivity index (χ1v) is 13.9. The maximum Gasteiger partial charge on any atom is 0.408 e. The molecule has 2 saturated heterocycles. The topological polar surface area (TPSA) is 118 Å². The zero-order valence-electron chi connectivity index (χ0n) is 22.4. The number of β-lactam (4-membered cyclic amide) rings is 1. The number of esters is 1. The van der Waals surface area contributed by atoms with Gasteiger partial charge in [-0.2, -0.15) is 0 Å². The van der Waals surface area contributed by atoms with Crippen LogP contribution >= 0.6 is 11.8 Å². The summed E-state index contributed by atoms with van der Waals surface area (Å²) in [5, 5.41) is 3.85. The summed E-state index contributed by atoms with van der Waals surface area (Å²) in [5.41, 5.74) is 1.07. The lowest BCUT2D eigenvalue weighted by Gasteiger charge is -2.51. The summed E-state index contributed by atoms with van der Waals surface area (Å²) in [4.78, 5) is 59.6. The van der Waals surface area contributed by atoms with Crippen LogP contribution in [-0.2, 0) is 30.5 Å². The van der Waals surface area contributed by atoms with Gasteiger partial charge in [-0.05, 0) is 61.9 Å². The molecule has 3 aliphatic rings. The molecule has 1 N–H and O–H groups in total. The van der Waals surface area contributed by atoms with Crippen LogP contribution in [-0.4, -0.2) is 63.4 Å². The van der Waals surface area contributed by atoms with E-state index in [1.54, 1.807) is 55.5 Å². The highest BCUT2D eigenvalue weighted by Crippen LogP contribution is 2.41. The summed E-state index contributed by atoms with van der Waals surface area (Å²) in [5.74, 6) is -0.700. The number of pyridine rings is 1. The van der Waals surface area contributed by atoms with Crippen LogP contribution in [0.4, 0.5) is 10.6 Å². The lowest BCUT2D eigenvalue weighted by Crippen LogP contribution is -2.74. The third-order valence-corrected chi connectivity index (χ3v) is 7.71. The second kappa shape index (κ2) is 11.2. The molecule has 208 valence electrons. The second-order valence-corrected chi connectivity index (χ2v) is 11.6. The van der Waals surface area contributed by atoms with Gasteiger partial charge >= 0.3 is 12.1 Å². The first-order chi connectivity index (χ1) is 19.1. The number of thioether (sulfide) groups is 1. The molecule has 4 heterocycles. The van der Waals surface area contributed by atoms with Crippen molar-refractivity contribution < 1.29 is 28.7 Å². The van der Waals surface area contributed by atoms with Crippen LogP contribution in [0.1, 0.15) is 32.8 Å². The first kappa shape index (κ1) is 27.4. The number of carbonyl (C=O) groups excluding carboxylic acids is 4. The Bertz CT molecular complexity index is 1370. The van der Waals surface area contributed by atoms with Crippen molar-refractivity contribution in [3.05, 3.63) is 82.9 Å². The maximum atomic E-state index is 13.5. The van der Waals surface area contributed by atoms with Crippen molar-refractivity contribution in [3.63, 3.8) is 0 Å². The van der Waals surface area contributed by atoms with Crippen molar-refractivity contribution in [2.24, 2.45) is 0 Å². The third-order valence-electron chi connectivity index (χ3n) is 6.53. The number of fused-ring (bicyclic) bond motifs is 1. The first-order valence-electron chi connectivity index (χ1n) is 12.9. The van der Waals surface area contributed by atoms with Gasteiger partial charge in [0.15, 0.2) is 6.04 Å². The van der Waals surface area contributed by atoms with Crippen molar-refractivity contribution in [1.29, 1.82) is 0 Å². The normalized spacial score (nSPS) is 23.3. The summed E-state index contributed by atoms with van der Waals surface area (Å²) in [6.07, 6.45) is 3.05. The molecule has 2 fully saturated rings. The number of amides is 3. The minimum atomic E-state index is -1.07. The Labute approximate surface area is 236 Å². The van der Waals surface area contributed by atoms with Gasteiger partial charge in [0, 0.05) is 18.3 Å². The molecule has 0 spiro atoms. The Kier molecular flexibility index (Phi) is 7.66. The average molecular weight is 563 g/mol. The fourth-order valence-electron chi connectivity index (χ4n) is 4.70. The zero-order valence-corrected chi connectivity index (χ0v) is 23.2. The highest BCUT2D eigenvalue weighted by Gasteiger charge is 2.56. The van der Waals surface area contributed by atoms with E-state index in [0.29, 0.717) is 29.9 Å². The van der Waals surface area contributed by atoms with Crippen LogP contribution in [0.25, 0.3) is 0 Å². The van der Waals surface area contributed by atoms with Gasteiger partial charge in [0.2, 0.25) is 5.91 Å². The van der Waals surface area contributed by atoms with E-state index in [1.165, 1.54) is 16.7 Å². The van der Waals surface area contributed by atoms with E-state index >= 15 is 0 Å². The number of hydrogen-bond donors (Lipinski definition) is 1. The lowest BCUT2D eigenvalue weighted by molar-refractivity contribution is -0.163. The molecule has 1 aromatic carbocycles. The van der Waals surface area contributed by atoms with Crippen molar-refractivity contribution >= 4 is 41.5 Å². The SMILES string of the molecule is CC(C)(C)OC(=O)N[C@@H]1C(=O)N2[C@@H](C(=O)OCc3ccccc3)C(/C=C3\CCN(c4ccccn4)C3=O)=CS[C@H]12. The standard InChI is InChI=1S/C29H30N4O6S/c1-29(2,3)39-28(37)31-22-25(35)33-23(27(36)38-16-18-9-5-4-6-10-18)20(17-40-26(22)33)15-19-12-14-32(24(19)34)21-11-7-8-13-30-21/h4-11,13,15,17,22-23,26H,12,14,16H2,1-3H3,(H,31,37)/b19-15+/t22-,23-,26-/m1/s1. The minimum Gasteiger partial charge on any atom is -0.459 e. The molecule has 10 nitrogen and oxygen atoms in total. The highest BCUT2D eigenvalue weighted by atomic mass is 32.2. The van der Waals surface area contributed by atoms with Crippen LogP contribution in [0.15, 0.2) is 77.4 Å². The second-order valence-electron chi connectivity index (χ2n) is 10.6. The van der Waals surface area contributed by atoms with Crippen LogP contribution in [0.2, 0.25) is 0 Å². The van der Waals surface area contributed by atoms with Gasteiger partial charge in [0.1, 0.15) is 29.4 Å². The molecule has 3 atom stereocenters. The predicted molar refractivity (Wildman–Crippen MR) is 149 cm³/mol. The Morgan fingerprint density at radius 1 is 1.12 bits per heavy atom. The van der Waals surface area contributed by atoms with E-state index in [0.717, 1.165) is 5.56 Å². The van der Waals surface area contributed by atoms with Crippen LogP contribution in [0.3, 0.4) is 0 Å². The number of hydrogen-bond acceptors (Lipinski definition) is 8. The Hall–Kier alpha value is -4.12. The fourth-order valence-corrected chi connectivity index (χ4v) is 5.89. The summed E-state index contributed by atoms with van der Waals surface area (Å²) in [6, 6.07) is 12.7. The van der Waals surface area contributed by atoms with Gasteiger partial charge < -0.3 is 19.7 Å². The van der Waals surface area contributed by atoms with Crippen molar-refractivity contribution in [2.45, 2.75) is 56.9 Å². The Morgan fingerprint density at radius 3 is 2.58 bits per heavy atom. The van der Waals surface area contributed by atoms with Gasteiger partial charge in [-0.3, -0.25) is 14.5 Å².